The number of hydrogen-bond donors (Lipinski definition) is 0. The van der Waals surface area contributed by atoms with Crippen LogP contribution in [0.1, 0.15) is 79.6 Å². The molecule has 2 fully saturated rings. The monoisotopic (exact) mass is 338 g/mol. The SMILES string of the molecule is C=C1C=C2C(=C)CC3C4CC=C(CC)C4(C)CCC3C2(C)CC1.CC. The van der Waals surface area contributed by atoms with Gasteiger partial charge in [0.1, 0.15) is 0 Å². The van der Waals surface area contributed by atoms with Crippen molar-refractivity contribution in [1.82, 2.24) is 0 Å². The largest absolute Gasteiger partial charge is 0.0958 e. The summed E-state index contributed by atoms with van der Waals surface area (Å²) in [5, 5.41) is 0. The second-order valence-electron chi connectivity index (χ2n) is 9.09. The lowest BCUT2D eigenvalue weighted by Gasteiger charge is -2.58. The summed E-state index contributed by atoms with van der Waals surface area (Å²) < 4.78 is 0. The molecule has 0 heterocycles. The molecule has 4 aliphatic rings. The average molecular weight is 339 g/mol. The Morgan fingerprint density at radius 2 is 1.80 bits per heavy atom. The second-order valence-corrected chi connectivity index (χ2v) is 9.09. The van der Waals surface area contributed by atoms with Gasteiger partial charge in [0.15, 0.2) is 0 Å². The van der Waals surface area contributed by atoms with E-state index in [1.807, 2.05) is 13.8 Å². The first kappa shape index (κ1) is 18.7. The third-order valence-corrected chi connectivity index (χ3v) is 8.17. The fourth-order valence-electron chi connectivity index (χ4n) is 6.85. The molecule has 4 aliphatic carbocycles. The quantitative estimate of drug-likeness (QED) is 0.431. The van der Waals surface area contributed by atoms with Crippen LogP contribution in [0.5, 0.6) is 0 Å². The summed E-state index contributed by atoms with van der Waals surface area (Å²) in [4.78, 5) is 0. The van der Waals surface area contributed by atoms with Crippen LogP contribution >= 0.6 is 0 Å². The summed E-state index contributed by atoms with van der Waals surface area (Å²) in [6, 6.07) is 0. The predicted octanol–water partition coefficient (Wildman–Crippen LogP) is 7.64. The Labute approximate surface area is 156 Å². The summed E-state index contributed by atoms with van der Waals surface area (Å²) in [7, 11) is 0. The van der Waals surface area contributed by atoms with Crippen molar-refractivity contribution in [3.05, 3.63) is 47.6 Å². The van der Waals surface area contributed by atoms with Crippen molar-refractivity contribution in [2.24, 2.45) is 28.6 Å². The molecule has 25 heavy (non-hydrogen) atoms. The first-order valence-electron chi connectivity index (χ1n) is 10.7. The van der Waals surface area contributed by atoms with E-state index < -0.39 is 0 Å². The zero-order valence-corrected chi connectivity index (χ0v) is 17.3. The maximum atomic E-state index is 4.52. The molecule has 0 amide bonds. The summed E-state index contributed by atoms with van der Waals surface area (Å²) >= 11 is 0. The predicted molar refractivity (Wildman–Crippen MR) is 110 cm³/mol. The maximum Gasteiger partial charge on any atom is -0.00384 e. The lowest BCUT2D eigenvalue weighted by molar-refractivity contribution is -0.0155. The van der Waals surface area contributed by atoms with Gasteiger partial charge in [0.2, 0.25) is 0 Å². The van der Waals surface area contributed by atoms with E-state index in [2.05, 4.69) is 46.1 Å². The molecule has 0 aliphatic heterocycles. The van der Waals surface area contributed by atoms with Gasteiger partial charge in [0, 0.05) is 0 Å². The molecule has 0 aromatic rings. The van der Waals surface area contributed by atoms with E-state index in [-0.39, 0.29) is 0 Å². The normalized spacial score (nSPS) is 42.4. The van der Waals surface area contributed by atoms with Gasteiger partial charge in [-0.05, 0) is 79.1 Å². The van der Waals surface area contributed by atoms with Gasteiger partial charge in [-0.15, -0.1) is 0 Å². The van der Waals surface area contributed by atoms with E-state index in [0.717, 1.165) is 17.8 Å². The Hall–Kier alpha value is -1.04. The van der Waals surface area contributed by atoms with Crippen LogP contribution in [0.25, 0.3) is 0 Å². The Balaban J connectivity index is 0.000000880. The molecule has 2 saturated carbocycles. The van der Waals surface area contributed by atoms with Gasteiger partial charge >= 0.3 is 0 Å². The highest BCUT2D eigenvalue weighted by molar-refractivity contribution is 5.46. The Bertz CT molecular complexity index is 630. The Morgan fingerprint density at radius 1 is 1.08 bits per heavy atom. The smallest absolute Gasteiger partial charge is 0.00384 e. The molecule has 0 N–H and O–H groups in total. The summed E-state index contributed by atoms with van der Waals surface area (Å²) in [5.74, 6) is 2.56. The zero-order valence-electron chi connectivity index (χ0n) is 17.3. The summed E-state index contributed by atoms with van der Waals surface area (Å²) in [5.41, 5.74) is 6.87. The standard InChI is InChI=1S/C23H32.C2H6/c1-6-17-7-8-19-18-14-16(3)21-13-15(2)9-11-23(21,5)20(18)10-12-22(17,19)4;1-2/h7,13,18-20H,2-3,6,8-12,14H2,1,4-5H3;1-2H3. The molecule has 5 atom stereocenters. The molecular formula is C25H38. The van der Waals surface area contributed by atoms with E-state index >= 15 is 0 Å². The molecule has 138 valence electrons. The van der Waals surface area contributed by atoms with Crippen molar-refractivity contribution >= 4 is 0 Å². The average Bonchev–Trinajstić information content (AvgIpc) is 2.95. The lowest BCUT2D eigenvalue weighted by Crippen LogP contribution is -2.50. The molecular weight excluding hydrogens is 300 g/mol. The summed E-state index contributed by atoms with van der Waals surface area (Å²) in [6.07, 6.45) is 14.0. The highest BCUT2D eigenvalue weighted by Gasteiger charge is 2.57. The third kappa shape index (κ3) is 2.63. The summed E-state index contributed by atoms with van der Waals surface area (Å²) in [6.45, 7) is 20.2. The highest BCUT2D eigenvalue weighted by Crippen LogP contribution is 2.66. The third-order valence-electron chi connectivity index (χ3n) is 8.17. The van der Waals surface area contributed by atoms with Crippen LogP contribution in [0.3, 0.4) is 0 Å². The van der Waals surface area contributed by atoms with E-state index in [1.54, 1.807) is 11.1 Å². The molecule has 0 saturated heterocycles. The molecule has 0 spiro atoms. The number of fused-ring (bicyclic) bond motifs is 5. The molecule has 4 rings (SSSR count). The maximum absolute atomic E-state index is 4.52. The van der Waals surface area contributed by atoms with E-state index in [9.17, 15) is 0 Å². The Kier molecular flexibility index (Phi) is 4.95. The fraction of sp³-hybridized carbons (Fsp3) is 0.680. The van der Waals surface area contributed by atoms with Crippen LogP contribution in [-0.4, -0.2) is 0 Å². The van der Waals surface area contributed by atoms with Crippen molar-refractivity contribution < 1.29 is 0 Å². The van der Waals surface area contributed by atoms with Gasteiger partial charge in [-0.2, -0.15) is 0 Å². The topological polar surface area (TPSA) is 0 Å². The molecule has 0 nitrogen and oxygen atoms in total. The van der Waals surface area contributed by atoms with Crippen LogP contribution < -0.4 is 0 Å². The van der Waals surface area contributed by atoms with Crippen molar-refractivity contribution in [3.63, 3.8) is 0 Å². The van der Waals surface area contributed by atoms with Gasteiger partial charge in [0.05, 0.1) is 0 Å². The first-order chi connectivity index (χ1) is 11.9. The van der Waals surface area contributed by atoms with E-state index in [4.69, 9.17) is 0 Å². The van der Waals surface area contributed by atoms with Gasteiger partial charge in [0.25, 0.3) is 0 Å². The molecule has 5 unspecified atom stereocenters. The van der Waals surface area contributed by atoms with Crippen molar-refractivity contribution in [2.45, 2.75) is 79.6 Å². The van der Waals surface area contributed by atoms with Crippen LogP contribution in [0.2, 0.25) is 0 Å². The molecule has 0 bridgehead atoms. The van der Waals surface area contributed by atoms with E-state index in [1.165, 1.54) is 56.1 Å². The van der Waals surface area contributed by atoms with Crippen LogP contribution in [0, 0.1) is 28.6 Å². The molecule has 0 aromatic carbocycles. The van der Waals surface area contributed by atoms with Gasteiger partial charge in [-0.3, -0.25) is 0 Å². The van der Waals surface area contributed by atoms with Crippen molar-refractivity contribution in [1.29, 1.82) is 0 Å². The zero-order chi connectivity index (χ0) is 18.4. The molecule has 0 heteroatoms. The van der Waals surface area contributed by atoms with Gasteiger partial charge < -0.3 is 0 Å². The molecule has 0 radical (unpaired) electrons. The number of allylic oxidation sites excluding steroid dienone is 6. The Morgan fingerprint density at radius 3 is 2.48 bits per heavy atom. The number of rotatable bonds is 1. The minimum absolute atomic E-state index is 0.359. The second kappa shape index (κ2) is 6.60. The fourth-order valence-corrected chi connectivity index (χ4v) is 6.85. The molecule has 0 aromatic heterocycles. The van der Waals surface area contributed by atoms with Crippen LogP contribution in [-0.2, 0) is 0 Å². The minimum atomic E-state index is 0.359. The van der Waals surface area contributed by atoms with Crippen molar-refractivity contribution in [3.8, 4) is 0 Å². The van der Waals surface area contributed by atoms with Gasteiger partial charge in [-0.1, -0.05) is 76.6 Å². The van der Waals surface area contributed by atoms with Crippen LogP contribution in [0.4, 0.5) is 0 Å². The lowest BCUT2D eigenvalue weighted by atomic mass is 9.46. The number of hydrogen-bond acceptors (Lipinski definition) is 0. The first-order valence-corrected chi connectivity index (χ1v) is 10.7. The van der Waals surface area contributed by atoms with E-state index in [0.29, 0.717) is 10.8 Å². The van der Waals surface area contributed by atoms with Gasteiger partial charge in [-0.25, -0.2) is 0 Å². The minimum Gasteiger partial charge on any atom is -0.0958 e. The highest BCUT2D eigenvalue weighted by atomic mass is 14.6. The van der Waals surface area contributed by atoms with Crippen LogP contribution in [0.15, 0.2) is 47.6 Å². The van der Waals surface area contributed by atoms with Crippen molar-refractivity contribution in [2.75, 3.05) is 0 Å².